The number of unbranched alkanes of at least 4 members (excludes halogenated alkanes) is 1. The van der Waals surface area contributed by atoms with Gasteiger partial charge in [0, 0.05) is 25.4 Å². The summed E-state index contributed by atoms with van der Waals surface area (Å²) in [6.45, 7) is 5.11. The van der Waals surface area contributed by atoms with Crippen LogP contribution in [0, 0.1) is 6.92 Å². The first-order valence-corrected chi connectivity index (χ1v) is 5.03. The number of anilines is 2. The molecule has 4 nitrogen and oxygen atoms in total. The second-order valence-electron chi connectivity index (χ2n) is 3.25. The summed E-state index contributed by atoms with van der Waals surface area (Å²) in [4.78, 5) is 8.51. The van der Waals surface area contributed by atoms with Gasteiger partial charge in [-0.2, -0.15) is 4.98 Å². The molecule has 1 aromatic heterocycles. The number of aryl methyl sites for hydroxylation is 1. The van der Waals surface area contributed by atoms with E-state index in [0.717, 1.165) is 24.5 Å². The van der Waals surface area contributed by atoms with E-state index in [9.17, 15) is 0 Å². The van der Waals surface area contributed by atoms with Crippen molar-refractivity contribution in [2.75, 3.05) is 24.2 Å². The van der Waals surface area contributed by atoms with Crippen LogP contribution < -0.4 is 10.6 Å². The zero-order chi connectivity index (χ0) is 10.4. The van der Waals surface area contributed by atoms with Gasteiger partial charge in [-0.3, -0.25) is 0 Å². The lowest BCUT2D eigenvalue weighted by Crippen LogP contribution is -2.06. The van der Waals surface area contributed by atoms with E-state index in [1.807, 2.05) is 20.0 Å². The standard InChI is InChI=1S/C10H18N4/c1-4-5-6-12-9-7-8(2)13-10(11-3)14-9/h7H,4-6H2,1-3H3,(H2,11,12,13,14). The Bertz CT molecular complexity index is 285. The number of nitrogens with zero attached hydrogens (tertiary/aromatic N) is 2. The fraction of sp³-hybridized carbons (Fsp3) is 0.600. The molecule has 1 heterocycles. The highest BCUT2D eigenvalue weighted by molar-refractivity contribution is 5.41. The van der Waals surface area contributed by atoms with Crippen molar-refractivity contribution in [3.63, 3.8) is 0 Å². The molecule has 0 bridgehead atoms. The van der Waals surface area contributed by atoms with E-state index in [4.69, 9.17) is 0 Å². The summed E-state index contributed by atoms with van der Waals surface area (Å²) in [6, 6.07) is 1.95. The van der Waals surface area contributed by atoms with Crippen LogP contribution in [0.4, 0.5) is 11.8 Å². The second kappa shape index (κ2) is 5.42. The van der Waals surface area contributed by atoms with E-state index < -0.39 is 0 Å². The van der Waals surface area contributed by atoms with Crippen LogP contribution >= 0.6 is 0 Å². The Labute approximate surface area is 85.2 Å². The highest BCUT2D eigenvalue weighted by atomic mass is 15.1. The first kappa shape index (κ1) is 10.8. The summed E-state index contributed by atoms with van der Waals surface area (Å²) in [5.41, 5.74) is 0.975. The van der Waals surface area contributed by atoms with Gasteiger partial charge in [0.05, 0.1) is 0 Å². The summed E-state index contributed by atoms with van der Waals surface area (Å²) in [5.74, 6) is 1.57. The number of nitrogens with one attached hydrogen (secondary N) is 2. The predicted molar refractivity (Wildman–Crippen MR) is 59.7 cm³/mol. The fourth-order valence-corrected chi connectivity index (χ4v) is 1.16. The topological polar surface area (TPSA) is 49.8 Å². The van der Waals surface area contributed by atoms with Crippen LogP contribution in [0.2, 0.25) is 0 Å². The molecule has 78 valence electrons. The van der Waals surface area contributed by atoms with E-state index in [0.29, 0.717) is 5.95 Å². The summed E-state index contributed by atoms with van der Waals surface area (Å²) < 4.78 is 0. The van der Waals surface area contributed by atoms with E-state index in [-0.39, 0.29) is 0 Å². The van der Waals surface area contributed by atoms with Gasteiger partial charge >= 0.3 is 0 Å². The van der Waals surface area contributed by atoms with Gasteiger partial charge in [0.25, 0.3) is 0 Å². The highest BCUT2D eigenvalue weighted by Gasteiger charge is 1.98. The average molecular weight is 194 g/mol. The smallest absolute Gasteiger partial charge is 0.224 e. The summed E-state index contributed by atoms with van der Waals surface area (Å²) in [5, 5.41) is 6.21. The Morgan fingerprint density at radius 3 is 2.79 bits per heavy atom. The number of hydrogen-bond donors (Lipinski definition) is 2. The molecule has 0 spiro atoms. The molecule has 0 amide bonds. The molecule has 0 atom stereocenters. The third-order valence-corrected chi connectivity index (χ3v) is 1.91. The molecule has 0 radical (unpaired) electrons. The minimum atomic E-state index is 0.670. The molecule has 0 saturated heterocycles. The Balaban J connectivity index is 2.62. The van der Waals surface area contributed by atoms with Crippen LogP contribution in [0.3, 0.4) is 0 Å². The van der Waals surface area contributed by atoms with Crippen molar-refractivity contribution >= 4 is 11.8 Å². The minimum absolute atomic E-state index is 0.670. The lowest BCUT2D eigenvalue weighted by molar-refractivity contribution is 0.830. The first-order chi connectivity index (χ1) is 6.76. The van der Waals surface area contributed by atoms with Crippen LogP contribution in [0.15, 0.2) is 6.07 Å². The number of aromatic nitrogens is 2. The maximum absolute atomic E-state index is 4.29. The van der Waals surface area contributed by atoms with Crippen LogP contribution in [0.25, 0.3) is 0 Å². The summed E-state index contributed by atoms with van der Waals surface area (Å²) in [6.07, 6.45) is 2.36. The van der Waals surface area contributed by atoms with Crippen molar-refractivity contribution in [3.8, 4) is 0 Å². The van der Waals surface area contributed by atoms with E-state index in [1.54, 1.807) is 0 Å². The number of hydrogen-bond acceptors (Lipinski definition) is 4. The fourth-order valence-electron chi connectivity index (χ4n) is 1.16. The molecule has 0 saturated carbocycles. The van der Waals surface area contributed by atoms with Crippen LogP contribution in [0.1, 0.15) is 25.5 Å². The molecule has 0 fully saturated rings. The lowest BCUT2D eigenvalue weighted by atomic mass is 10.3. The normalized spacial score (nSPS) is 9.93. The van der Waals surface area contributed by atoms with Gasteiger partial charge in [-0.05, 0) is 13.3 Å². The molecule has 0 unspecified atom stereocenters. The molecular formula is C10H18N4. The quantitative estimate of drug-likeness (QED) is 0.704. The molecule has 2 N–H and O–H groups in total. The van der Waals surface area contributed by atoms with Crippen molar-refractivity contribution in [3.05, 3.63) is 11.8 Å². The molecule has 1 rings (SSSR count). The largest absolute Gasteiger partial charge is 0.370 e. The van der Waals surface area contributed by atoms with Gasteiger partial charge < -0.3 is 10.6 Å². The summed E-state index contributed by atoms with van der Waals surface area (Å²) >= 11 is 0. The number of rotatable bonds is 5. The maximum Gasteiger partial charge on any atom is 0.224 e. The van der Waals surface area contributed by atoms with Crippen molar-refractivity contribution in [1.29, 1.82) is 0 Å². The van der Waals surface area contributed by atoms with Crippen LogP contribution in [0.5, 0.6) is 0 Å². The van der Waals surface area contributed by atoms with Gasteiger partial charge in [0.15, 0.2) is 0 Å². The van der Waals surface area contributed by atoms with E-state index in [2.05, 4.69) is 27.5 Å². The zero-order valence-electron chi connectivity index (χ0n) is 9.09. The third-order valence-electron chi connectivity index (χ3n) is 1.91. The first-order valence-electron chi connectivity index (χ1n) is 5.03. The molecular weight excluding hydrogens is 176 g/mol. The summed E-state index contributed by atoms with van der Waals surface area (Å²) in [7, 11) is 1.82. The molecule has 0 aliphatic rings. The monoisotopic (exact) mass is 194 g/mol. The predicted octanol–water partition coefficient (Wildman–Crippen LogP) is 2.04. The lowest BCUT2D eigenvalue weighted by Gasteiger charge is -2.07. The van der Waals surface area contributed by atoms with Gasteiger partial charge in [-0.1, -0.05) is 13.3 Å². The Morgan fingerprint density at radius 1 is 1.36 bits per heavy atom. The van der Waals surface area contributed by atoms with Crippen molar-refractivity contribution in [1.82, 2.24) is 9.97 Å². The van der Waals surface area contributed by atoms with Gasteiger partial charge in [0.1, 0.15) is 5.82 Å². The highest BCUT2D eigenvalue weighted by Crippen LogP contribution is 2.08. The zero-order valence-corrected chi connectivity index (χ0v) is 9.09. The van der Waals surface area contributed by atoms with E-state index >= 15 is 0 Å². The molecule has 0 aliphatic heterocycles. The molecule has 0 aliphatic carbocycles. The van der Waals surface area contributed by atoms with E-state index in [1.165, 1.54) is 6.42 Å². The third kappa shape index (κ3) is 3.20. The maximum atomic E-state index is 4.29. The van der Waals surface area contributed by atoms with Gasteiger partial charge in [0.2, 0.25) is 5.95 Å². The Hall–Kier alpha value is -1.32. The molecule has 0 aromatic carbocycles. The Kier molecular flexibility index (Phi) is 4.16. The van der Waals surface area contributed by atoms with Gasteiger partial charge in [-0.25, -0.2) is 4.98 Å². The average Bonchev–Trinajstić information content (AvgIpc) is 2.17. The second-order valence-corrected chi connectivity index (χ2v) is 3.25. The molecule has 4 heteroatoms. The van der Waals surface area contributed by atoms with Crippen LogP contribution in [-0.4, -0.2) is 23.6 Å². The Morgan fingerprint density at radius 2 is 2.14 bits per heavy atom. The van der Waals surface area contributed by atoms with Crippen molar-refractivity contribution in [2.24, 2.45) is 0 Å². The van der Waals surface area contributed by atoms with Crippen LogP contribution in [-0.2, 0) is 0 Å². The SMILES string of the molecule is CCCCNc1cc(C)nc(NC)n1. The molecule has 1 aromatic rings. The van der Waals surface area contributed by atoms with Gasteiger partial charge in [-0.15, -0.1) is 0 Å². The van der Waals surface area contributed by atoms with Crippen molar-refractivity contribution in [2.45, 2.75) is 26.7 Å². The minimum Gasteiger partial charge on any atom is -0.370 e. The van der Waals surface area contributed by atoms with Crippen molar-refractivity contribution < 1.29 is 0 Å². The molecule has 14 heavy (non-hydrogen) atoms.